The van der Waals surface area contributed by atoms with Crippen LogP contribution in [0.15, 0.2) is 12.1 Å². The lowest BCUT2D eigenvalue weighted by Crippen LogP contribution is -2.24. The van der Waals surface area contributed by atoms with Gasteiger partial charge in [-0.3, -0.25) is 0 Å². The van der Waals surface area contributed by atoms with Crippen molar-refractivity contribution in [1.29, 1.82) is 0 Å². The van der Waals surface area contributed by atoms with Gasteiger partial charge in [-0.15, -0.1) is 0 Å². The van der Waals surface area contributed by atoms with Gasteiger partial charge in [-0.1, -0.05) is 18.5 Å². The maximum Gasteiger partial charge on any atom is 0.162 e. The molecule has 0 aliphatic rings. The SMILES string of the molecule is CCCOc1cc(Cl)c(CNCC(C)O)cc1OC. The van der Waals surface area contributed by atoms with Crippen LogP contribution >= 0.6 is 11.6 Å². The van der Waals surface area contributed by atoms with Gasteiger partial charge in [0.05, 0.1) is 19.8 Å². The van der Waals surface area contributed by atoms with Gasteiger partial charge in [-0.05, 0) is 25.0 Å². The highest BCUT2D eigenvalue weighted by Gasteiger charge is 2.10. The molecule has 1 aromatic rings. The maximum atomic E-state index is 9.20. The first-order chi connectivity index (χ1) is 9.08. The van der Waals surface area contributed by atoms with Crippen molar-refractivity contribution >= 4 is 11.6 Å². The molecule has 0 bridgehead atoms. The smallest absolute Gasteiger partial charge is 0.162 e. The molecule has 0 radical (unpaired) electrons. The number of aliphatic hydroxyl groups excluding tert-OH is 1. The van der Waals surface area contributed by atoms with E-state index in [2.05, 4.69) is 5.32 Å². The third kappa shape index (κ3) is 5.27. The summed E-state index contributed by atoms with van der Waals surface area (Å²) in [6.07, 6.45) is 0.547. The van der Waals surface area contributed by atoms with Gasteiger partial charge in [-0.25, -0.2) is 0 Å². The molecule has 0 spiro atoms. The molecule has 1 aromatic carbocycles. The Kier molecular flexibility index (Phi) is 6.99. The van der Waals surface area contributed by atoms with E-state index in [9.17, 15) is 5.11 Å². The standard InChI is InChI=1S/C14H22ClNO3/c1-4-5-19-14-7-12(15)11(6-13(14)18-3)9-16-8-10(2)17/h6-7,10,16-17H,4-5,8-9H2,1-3H3. The van der Waals surface area contributed by atoms with E-state index in [-0.39, 0.29) is 6.10 Å². The first kappa shape index (κ1) is 16.1. The molecule has 0 aromatic heterocycles. The topological polar surface area (TPSA) is 50.7 Å². The Morgan fingerprint density at radius 3 is 2.68 bits per heavy atom. The molecule has 19 heavy (non-hydrogen) atoms. The summed E-state index contributed by atoms with van der Waals surface area (Å²) in [5.74, 6) is 1.33. The molecule has 4 nitrogen and oxygen atoms in total. The number of hydrogen-bond donors (Lipinski definition) is 2. The number of halogens is 1. The number of aliphatic hydroxyl groups is 1. The lowest BCUT2D eigenvalue weighted by molar-refractivity contribution is 0.191. The molecule has 2 N–H and O–H groups in total. The van der Waals surface area contributed by atoms with Crippen molar-refractivity contribution in [3.8, 4) is 11.5 Å². The monoisotopic (exact) mass is 287 g/mol. The van der Waals surface area contributed by atoms with E-state index < -0.39 is 0 Å². The fourth-order valence-corrected chi connectivity index (χ4v) is 1.83. The molecule has 5 heteroatoms. The van der Waals surface area contributed by atoms with E-state index in [1.165, 1.54) is 0 Å². The van der Waals surface area contributed by atoms with Crippen molar-refractivity contribution in [2.45, 2.75) is 32.9 Å². The molecule has 1 unspecified atom stereocenters. The van der Waals surface area contributed by atoms with Crippen LogP contribution < -0.4 is 14.8 Å². The van der Waals surface area contributed by atoms with Crippen molar-refractivity contribution in [2.75, 3.05) is 20.3 Å². The van der Waals surface area contributed by atoms with E-state index in [4.69, 9.17) is 21.1 Å². The predicted octanol–water partition coefficient (Wildman–Crippen LogP) is 2.61. The summed E-state index contributed by atoms with van der Waals surface area (Å²) in [4.78, 5) is 0. The molecule has 1 atom stereocenters. The summed E-state index contributed by atoms with van der Waals surface area (Å²) in [5.41, 5.74) is 0.919. The van der Waals surface area contributed by atoms with Crippen molar-refractivity contribution in [3.63, 3.8) is 0 Å². The highest BCUT2D eigenvalue weighted by atomic mass is 35.5. The lowest BCUT2D eigenvalue weighted by atomic mass is 10.2. The lowest BCUT2D eigenvalue weighted by Gasteiger charge is -2.14. The van der Waals surface area contributed by atoms with Crippen LogP contribution in [0.25, 0.3) is 0 Å². The number of methoxy groups -OCH3 is 1. The van der Waals surface area contributed by atoms with Gasteiger partial charge in [0.2, 0.25) is 0 Å². The van der Waals surface area contributed by atoms with Crippen LogP contribution in [0.2, 0.25) is 5.02 Å². The first-order valence-corrected chi connectivity index (χ1v) is 6.84. The summed E-state index contributed by atoms with van der Waals surface area (Å²) in [6, 6.07) is 3.64. The molecule has 0 aliphatic heterocycles. The zero-order valence-corrected chi connectivity index (χ0v) is 12.5. The zero-order chi connectivity index (χ0) is 14.3. The Bertz CT molecular complexity index is 397. The Balaban J connectivity index is 2.77. The average molecular weight is 288 g/mol. The predicted molar refractivity (Wildman–Crippen MR) is 77.2 cm³/mol. The Morgan fingerprint density at radius 1 is 1.37 bits per heavy atom. The van der Waals surface area contributed by atoms with Gasteiger partial charge in [0.15, 0.2) is 11.5 Å². The largest absolute Gasteiger partial charge is 0.493 e. The summed E-state index contributed by atoms with van der Waals surface area (Å²) in [7, 11) is 1.61. The maximum absolute atomic E-state index is 9.20. The van der Waals surface area contributed by atoms with Gasteiger partial charge in [0.1, 0.15) is 0 Å². The fraction of sp³-hybridized carbons (Fsp3) is 0.571. The second-order valence-electron chi connectivity index (χ2n) is 4.42. The normalized spacial score (nSPS) is 12.3. The van der Waals surface area contributed by atoms with Crippen LogP contribution in [0.1, 0.15) is 25.8 Å². The number of nitrogens with one attached hydrogen (secondary N) is 1. The summed E-state index contributed by atoms with van der Waals surface area (Å²) in [5, 5.41) is 13.0. The fourth-order valence-electron chi connectivity index (χ4n) is 1.61. The summed E-state index contributed by atoms with van der Waals surface area (Å²) < 4.78 is 10.9. The molecule has 0 aliphatic carbocycles. The Hall–Kier alpha value is -0.970. The van der Waals surface area contributed by atoms with Crippen molar-refractivity contribution in [2.24, 2.45) is 0 Å². The van der Waals surface area contributed by atoms with Gasteiger partial charge in [-0.2, -0.15) is 0 Å². The third-order valence-corrected chi connectivity index (χ3v) is 2.90. The van der Waals surface area contributed by atoms with Crippen LogP contribution in [0, 0.1) is 0 Å². The number of ether oxygens (including phenoxy) is 2. The highest BCUT2D eigenvalue weighted by Crippen LogP contribution is 2.33. The second-order valence-corrected chi connectivity index (χ2v) is 4.83. The summed E-state index contributed by atoms with van der Waals surface area (Å²) in [6.45, 7) is 5.51. The molecular formula is C14H22ClNO3. The van der Waals surface area contributed by atoms with Crippen LogP contribution in [0.4, 0.5) is 0 Å². The van der Waals surface area contributed by atoms with Crippen molar-refractivity contribution in [1.82, 2.24) is 5.32 Å². The van der Waals surface area contributed by atoms with E-state index in [0.29, 0.717) is 36.2 Å². The minimum Gasteiger partial charge on any atom is -0.493 e. The Labute approximate surface area is 119 Å². The average Bonchev–Trinajstić information content (AvgIpc) is 2.38. The van der Waals surface area contributed by atoms with Crippen LogP contribution in [-0.2, 0) is 6.54 Å². The zero-order valence-electron chi connectivity index (χ0n) is 11.7. The molecule has 0 amide bonds. The molecule has 0 saturated heterocycles. The minimum absolute atomic E-state index is 0.382. The van der Waals surface area contributed by atoms with Gasteiger partial charge in [0, 0.05) is 24.2 Å². The van der Waals surface area contributed by atoms with E-state index in [1.807, 2.05) is 13.0 Å². The van der Waals surface area contributed by atoms with Gasteiger partial charge in [0.25, 0.3) is 0 Å². The molecular weight excluding hydrogens is 266 g/mol. The third-order valence-electron chi connectivity index (χ3n) is 2.55. The van der Waals surface area contributed by atoms with Crippen molar-refractivity contribution in [3.05, 3.63) is 22.7 Å². The van der Waals surface area contributed by atoms with Gasteiger partial charge < -0.3 is 19.9 Å². The van der Waals surface area contributed by atoms with Crippen LogP contribution in [0.3, 0.4) is 0 Å². The van der Waals surface area contributed by atoms with Crippen molar-refractivity contribution < 1.29 is 14.6 Å². The number of rotatable bonds is 8. The Morgan fingerprint density at radius 2 is 2.11 bits per heavy atom. The highest BCUT2D eigenvalue weighted by molar-refractivity contribution is 6.31. The minimum atomic E-state index is -0.382. The molecule has 0 saturated carbocycles. The van der Waals surface area contributed by atoms with Crippen LogP contribution in [0.5, 0.6) is 11.5 Å². The first-order valence-electron chi connectivity index (χ1n) is 6.46. The number of hydrogen-bond acceptors (Lipinski definition) is 4. The quantitative estimate of drug-likeness (QED) is 0.772. The molecule has 1 rings (SSSR count). The van der Waals surface area contributed by atoms with E-state index >= 15 is 0 Å². The summed E-state index contributed by atoms with van der Waals surface area (Å²) >= 11 is 6.21. The van der Waals surface area contributed by atoms with E-state index in [0.717, 1.165) is 12.0 Å². The molecule has 108 valence electrons. The molecule has 0 heterocycles. The number of benzene rings is 1. The second kappa shape index (κ2) is 8.25. The molecule has 0 fully saturated rings. The van der Waals surface area contributed by atoms with E-state index in [1.54, 1.807) is 20.1 Å². The van der Waals surface area contributed by atoms with Crippen LogP contribution in [-0.4, -0.2) is 31.5 Å². The van der Waals surface area contributed by atoms with Gasteiger partial charge >= 0.3 is 0 Å².